The lowest BCUT2D eigenvalue weighted by atomic mass is 10.5. The average molecular weight is 328 g/mol. The molecule has 0 aliphatic heterocycles. The van der Waals surface area contributed by atoms with Crippen LogP contribution in [0.25, 0.3) is 0 Å². The topological polar surface area (TPSA) is 0 Å². The predicted octanol–water partition coefficient (Wildman–Crippen LogP) is 5.33. The molecule has 0 unspecified atom stereocenters. The summed E-state index contributed by atoms with van der Waals surface area (Å²) in [6.07, 6.45) is -19.3. The van der Waals surface area contributed by atoms with Crippen molar-refractivity contribution in [3.8, 4) is 0 Å². The first kappa shape index (κ1) is 20.9. The molecule has 0 radical (unpaired) electrons. The SMILES string of the molecule is FC(=CC(F)(F)F)C(F)F.FC(=CC(F)F)C(F)(F)F. The molecule has 0 saturated heterocycles. The molecule has 0 N–H and O–H groups in total. The fourth-order valence-corrected chi connectivity index (χ4v) is 0.424. The van der Waals surface area contributed by atoms with Gasteiger partial charge in [-0.25, -0.2) is 26.3 Å². The van der Waals surface area contributed by atoms with E-state index < -0.39 is 49.0 Å². The van der Waals surface area contributed by atoms with Gasteiger partial charge < -0.3 is 0 Å². The van der Waals surface area contributed by atoms with Crippen molar-refractivity contribution < 1.29 is 52.7 Å². The van der Waals surface area contributed by atoms with Crippen molar-refractivity contribution in [2.24, 2.45) is 0 Å². The maximum absolute atomic E-state index is 11.4. The Morgan fingerprint density at radius 1 is 0.800 bits per heavy atom. The molecule has 0 aliphatic rings. The minimum Gasteiger partial charge on any atom is -0.206 e. The summed E-state index contributed by atoms with van der Waals surface area (Å²) >= 11 is 0. The Balaban J connectivity index is 0. The van der Waals surface area contributed by atoms with Crippen molar-refractivity contribution in [1.29, 1.82) is 0 Å². The van der Waals surface area contributed by atoms with Crippen LogP contribution in [0.4, 0.5) is 52.7 Å². The molecule has 20 heavy (non-hydrogen) atoms. The zero-order chi connectivity index (χ0) is 16.7. The minimum atomic E-state index is -5.30. The third-order valence-electron chi connectivity index (χ3n) is 1.05. The second-order valence-electron chi connectivity index (χ2n) is 2.72. The molecule has 12 heteroatoms. The van der Waals surface area contributed by atoms with Gasteiger partial charge in [-0.2, -0.15) is 26.3 Å². The molecular weight excluding hydrogens is 324 g/mol. The summed E-state index contributed by atoms with van der Waals surface area (Å²) in [5.41, 5.74) is 0. The first-order valence-electron chi connectivity index (χ1n) is 4.12. The van der Waals surface area contributed by atoms with Gasteiger partial charge in [0.2, 0.25) is 5.83 Å². The van der Waals surface area contributed by atoms with Gasteiger partial charge in [0.25, 0.3) is 12.9 Å². The van der Waals surface area contributed by atoms with Crippen LogP contribution in [0.3, 0.4) is 0 Å². The molecule has 0 rings (SSSR count). The standard InChI is InChI=1S/2C4H2F6/c5-2(3(6)7)1-4(8,9)10;5-2(1-3(6)7)4(8,9)10/h2*1,3H. The van der Waals surface area contributed by atoms with Gasteiger partial charge in [-0.1, -0.05) is 0 Å². The van der Waals surface area contributed by atoms with Crippen molar-refractivity contribution in [2.75, 3.05) is 0 Å². The Kier molecular flexibility index (Phi) is 8.43. The van der Waals surface area contributed by atoms with Crippen LogP contribution >= 0.6 is 0 Å². The molecule has 0 heterocycles. The van der Waals surface area contributed by atoms with Crippen molar-refractivity contribution in [3.05, 3.63) is 23.8 Å². The summed E-state index contributed by atoms with van der Waals surface area (Å²) in [5.74, 6) is -5.23. The van der Waals surface area contributed by atoms with Gasteiger partial charge in [0.05, 0.1) is 6.08 Å². The molecule has 0 spiro atoms. The lowest BCUT2D eigenvalue weighted by Gasteiger charge is -2.00. The molecule has 0 bridgehead atoms. The van der Waals surface area contributed by atoms with Crippen LogP contribution in [0.2, 0.25) is 0 Å². The average Bonchev–Trinajstić information content (AvgIpc) is 2.12. The lowest BCUT2D eigenvalue weighted by Crippen LogP contribution is -2.08. The third kappa shape index (κ3) is 13.1. The highest BCUT2D eigenvalue weighted by Crippen LogP contribution is 2.27. The Morgan fingerprint density at radius 2 is 1.20 bits per heavy atom. The van der Waals surface area contributed by atoms with Gasteiger partial charge in [-0.3, -0.25) is 0 Å². The van der Waals surface area contributed by atoms with Crippen molar-refractivity contribution >= 4 is 0 Å². The molecule has 0 aromatic carbocycles. The van der Waals surface area contributed by atoms with E-state index in [4.69, 9.17) is 0 Å². The zero-order valence-electron chi connectivity index (χ0n) is 8.84. The van der Waals surface area contributed by atoms with Crippen LogP contribution in [0.15, 0.2) is 23.8 Å². The Bertz CT molecular complexity index is 330. The van der Waals surface area contributed by atoms with Crippen LogP contribution in [0, 0.1) is 0 Å². The molecule has 0 amide bonds. The second kappa shape index (κ2) is 8.04. The summed E-state index contributed by atoms with van der Waals surface area (Å²) in [7, 11) is 0. The maximum atomic E-state index is 11.4. The van der Waals surface area contributed by atoms with E-state index in [0.717, 1.165) is 0 Å². The Morgan fingerprint density at radius 3 is 1.30 bits per heavy atom. The van der Waals surface area contributed by atoms with Crippen LogP contribution < -0.4 is 0 Å². The first-order chi connectivity index (χ1) is 8.66. The van der Waals surface area contributed by atoms with E-state index in [1.807, 2.05) is 0 Å². The predicted molar refractivity (Wildman–Crippen MR) is 42.5 cm³/mol. The van der Waals surface area contributed by atoms with Gasteiger partial charge in [-0.05, 0) is 0 Å². The third-order valence-corrected chi connectivity index (χ3v) is 1.05. The van der Waals surface area contributed by atoms with Gasteiger partial charge in [0, 0.05) is 6.08 Å². The van der Waals surface area contributed by atoms with Gasteiger partial charge >= 0.3 is 12.4 Å². The number of allylic oxidation sites excluding steroid dienone is 4. The summed E-state index contributed by atoms with van der Waals surface area (Å²) in [6.45, 7) is 0. The fourth-order valence-electron chi connectivity index (χ4n) is 0.424. The van der Waals surface area contributed by atoms with Gasteiger partial charge in [0.15, 0.2) is 5.83 Å². The lowest BCUT2D eigenvalue weighted by molar-refractivity contribution is -0.110. The number of alkyl halides is 10. The molecule has 0 aliphatic carbocycles. The van der Waals surface area contributed by atoms with Crippen molar-refractivity contribution in [1.82, 2.24) is 0 Å². The van der Waals surface area contributed by atoms with E-state index in [-0.39, 0.29) is 0 Å². The van der Waals surface area contributed by atoms with E-state index in [2.05, 4.69) is 0 Å². The molecule has 0 fully saturated rings. The van der Waals surface area contributed by atoms with Crippen molar-refractivity contribution in [3.63, 3.8) is 0 Å². The molecular formula is C8H4F12. The number of halogens is 12. The Labute approximate surface area is 103 Å². The van der Waals surface area contributed by atoms with Gasteiger partial charge in [-0.15, -0.1) is 0 Å². The van der Waals surface area contributed by atoms with Crippen LogP contribution in [-0.2, 0) is 0 Å². The molecule has 0 aromatic rings. The summed E-state index contributed by atoms with van der Waals surface area (Å²) < 4.78 is 133. The normalized spacial score (nSPS) is 14.5. The highest BCUT2D eigenvalue weighted by molar-refractivity contribution is 5.00. The molecule has 0 saturated carbocycles. The van der Waals surface area contributed by atoms with E-state index in [1.54, 1.807) is 0 Å². The highest BCUT2D eigenvalue weighted by atomic mass is 19.4. The number of rotatable bonds is 2. The molecule has 0 aromatic heterocycles. The summed E-state index contributed by atoms with van der Waals surface area (Å²) in [6, 6.07) is 0. The van der Waals surface area contributed by atoms with Gasteiger partial charge in [0.1, 0.15) is 0 Å². The van der Waals surface area contributed by atoms with Crippen LogP contribution in [0.5, 0.6) is 0 Å². The fraction of sp³-hybridized carbons (Fsp3) is 0.500. The second-order valence-corrected chi connectivity index (χ2v) is 2.72. The van der Waals surface area contributed by atoms with E-state index in [0.29, 0.717) is 0 Å². The maximum Gasteiger partial charge on any atom is 0.442 e. The summed E-state index contributed by atoms with van der Waals surface area (Å²) in [5, 5.41) is 0. The van der Waals surface area contributed by atoms with E-state index in [1.165, 1.54) is 0 Å². The molecule has 0 atom stereocenters. The van der Waals surface area contributed by atoms with Crippen LogP contribution in [-0.4, -0.2) is 25.2 Å². The molecule has 120 valence electrons. The molecule has 0 nitrogen and oxygen atoms in total. The zero-order valence-corrected chi connectivity index (χ0v) is 8.84. The Hall–Kier alpha value is -1.36. The van der Waals surface area contributed by atoms with Crippen molar-refractivity contribution in [2.45, 2.75) is 25.2 Å². The smallest absolute Gasteiger partial charge is 0.206 e. The largest absolute Gasteiger partial charge is 0.442 e. The van der Waals surface area contributed by atoms with E-state index in [9.17, 15) is 52.7 Å². The monoisotopic (exact) mass is 328 g/mol. The first-order valence-corrected chi connectivity index (χ1v) is 4.12. The number of hydrogen-bond donors (Lipinski definition) is 0. The quantitative estimate of drug-likeness (QED) is 0.601. The highest BCUT2D eigenvalue weighted by Gasteiger charge is 2.35. The van der Waals surface area contributed by atoms with Crippen LogP contribution in [0.1, 0.15) is 0 Å². The summed E-state index contributed by atoms with van der Waals surface area (Å²) in [4.78, 5) is 0. The van der Waals surface area contributed by atoms with E-state index >= 15 is 0 Å². The number of hydrogen-bond acceptors (Lipinski definition) is 0. The minimum absolute atomic E-state index is 0.792.